The number of carbonyl (C=O) groups is 1. The zero-order valence-corrected chi connectivity index (χ0v) is 74.4. The van der Waals surface area contributed by atoms with Crippen LogP contribution in [0, 0.1) is 14.1 Å². The van der Waals surface area contributed by atoms with Crippen LogP contribution in [-0.2, 0) is 0 Å². The topological polar surface area (TPSA) is 233 Å². The van der Waals surface area contributed by atoms with E-state index in [1.165, 1.54) is 139 Å². The van der Waals surface area contributed by atoms with Crippen molar-refractivity contribution in [3.05, 3.63) is 174 Å². The fourth-order valence-corrected chi connectivity index (χ4v) is 38.7. The van der Waals surface area contributed by atoms with Crippen molar-refractivity contribution in [3.63, 3.8) is 0 Å². The average molecular weight is 1950 g/mol. The van der Waals surface area contributed by atoms with Crippen LogP contribution in [0.3, 0.4) is 0 Å². The van der Waals surface area contributed by atoms with Crippen molar-refractivity contribution in [2.24, 2.45) is 11.1 Å². The molecule has 0 aliphatic rings. The third-order valence-corrected chi connectivity index (χ3v) is 45.1. The van der Waals surface area contributed by atoms with E-state index in [9.17, 15) is 4.79 Å². The summed E-state index contributed by atoms with van der Waals surface area (Å²) in [6.45, 7) is 23.9. The standard InChI is InChI=1S/C12H7IN2O.C12H7N2O.C10H8N2O.C10H7NO.C6H15N.6C4H9.C2H.2CH4.ClH.I2.H3NO.Na.H2O.2Sn/c13-12-6-11(15-16-12)9-1-2-10-7-14-4-3-8(10)5-9;1-2-11-8-13-5-3-9(11)7-10(1)12-4-6-15-14-12;13-12-6-8-1-2-10-7-11-4-3-9(10)5-8;12-7-8-1-2-10-6-11-4-3-9(10)5-8;1-4-7(5-2)6-3;6*1-3-4-2;1-2;;;;2*1-2;;;;/h1-7H;1-5,7-8H;1-7,13H;1-7H;4-6H2,1-3H3;6*1,3-4H2,2H3;1H;2*1H4;1H;;2H,1H2;;1H2;;/q;;;;;;;;;;;;;;;;;+1;;;/p-1/b;;12-6+;;;;;;;;;;;;;;;;;;. The van der Waals surface area contributed by atoms with Gasteiger partial charge in [-0.2, -0.15) is 0 Å². The molecule has 4 aromatic carbocycles. The van der Waals surface area contributed by atoms with Crippen LogP contribution in [0.15, 0.2) is 173 Å². The maximum absolute atomic E-state index is 10.4. The van der Waals surface area contributed by atoms with Crippen molar-refractivity contribution in [2.75, 3.05) is 19.6 Å². The van der Waals surface area contributed by atoms with Crippen molar-refractivity contribution in [2.45, 2.75) is 181 Å². The van der Waals surface area contributed by atoms with E-state index in [0.29, 0.717) is 5.56 Å². The second-order valence-corrected chi connectivity index (χ2v) is 49.7. The Kier molecular flexibility index (Phi) is 61.2. The van der Waals surface area contributed by atoms with Gasteiger partial charge in [0.15, 0.2) is 3.77 Å². The quantitative estimate of drug-likeness (QED) is 0.00871. The van der Waals surface area contributed by atoms with E-state index in [2.05, 4.69) is 209 Å². The number of hydrogen-bond acceptors (Lipinski definition) is 15. The van der Waals surface area contributed by atoms with Gasteiger partial charge in [-0.3, -0.25) is 19.7 Å². The van der Waals surface area contributed by atoms with Crippen molar-refractivity contribution in [1.29, 1.82) is 0 Å². The molecule has 0 spiro atoms. The zero-order valence-electron chi connectivity index (χ0n) is 59.4. The number of terminal acetylenes is 1. The van der Waals surface area contributed by atoms with E-state index in [1.54, 1.807) is 37.1 Å². The van der Waals surface area contributed by atoms with E-state index >= 15 is 0 Å². The number of pyridine rings is 4. The molecule has 10 rings (SSSR count). The fraction of sp³-hybridized carbons (Fsp3) is 0.410. The summed E-state index contributed by atoms with van der Waals surface area (Å²) in [5, 5.41) is 35.3. The summed E-state index contributed by atoms with van der Waals surface area (Å²) in [7, 11) is 0. The SMILES string of the molecule is C.C.C#[C][Sn]([CH2]CCC)([CH2]CCC)[CH2]CCC.CCC[CH2][Sn]([CH2]CCC)([CH2]CCC)[c]1cc(-c2ccc3cnccc3c2)no1.CCN(CC)CC.Cl.II.Ic1cc(-c2ccc3cnccc3c2)no1.NO.O/N=C/c1ccc2cnccc2c1.O=Cc1ccc2cnccc2c1.[Na+].[OH-]. The first-order valence-electron chi connectivity index (χ1n) is 33.6. The first kappa shape index (κ1) is 101. The Hall–Kier alpha value is -3.44. The van der Waals surface area contributed by atoms with Crippen LogP contribution >= 0.6 is 72.2 Å². The Bertz CT molecular complexity index is 3740. The summed E-state index contributed by atoms with van der Waals surface area (Å²) < 4.78 is 25.2. The van der Waals surface area contributed by atoms with Crippen molar-refractivity contribution >= 4 is 168 Å². The van der Waals surface area contributed by atoms with Crippen LogP contribution in [0.2, 0.25) is 26.6 Å². The normalized spacial score (nSPS) is 10.3. The molecule has 0 saturated heterocycles. The molecule has 0 amide bonds. The second-order valence-electron chi connectivity index (χ2n) is 23.2. The molecule has 0 aliphatic heterocycles. The van der Waals surface area contributed by atoms with Crippen LogP contribution in [-0.4, -0.2) is 120 Å². The smallest absolute Gasteiger partial charge is 0.870 e. The summed E-state index contributed by atoms with van der Waals surface area (Å²) in [5.41, 5.74) is 5.65. The van der Waals surface area contributed by atoms with Gasteiger partial charge in [0.25, 0.3) is 0 Å². The largest absolute Gasteiger partial charge is 1.00 e. The maximum atomic E-state index is 10.4. The summed E-state index contributed by atoms with van der Waals surface area (Å²) in [4.78, 5) is 29.1. The number of halogens is 4. The van der Waals surface area contributed by atoms with Gasteiger partial charge in [-0.15, -0.1) is 12.4 Å². The van der Waals surface area contributed by atoms with E-state index in [0.717, 1.165) is 75.8 Å². The Morgan fingerprint density at radius 2 is 0.850 bits per heavy atom. The number of fused-ring (bicyclic) bond motifs is 4. The monoisotopic (exact) mass is 1950 g/mol. The van der Waals surface area contributed by atoms with Crippen LogP contribution in [0.4, 0.5) is 0 Å². The second kappa shape index (κ2) is 60.8. The molecular formula is C78H112ClI3N9NaO6Sn2. The van der Waals surface area contributed by atoms with Crippen molar-refractivity contribution in [1.82, 2.24) is 35.1 Å². The van der Waals surface area contributed by atoms with Gasteiger partial charge >= 0.3 is 305 Å². The van der Waals surface area contributed by atoms with E-state index in [4.69, 9.17) is 25.9 Å². The van der Waals surface area contributed by atoms with Gasteiger partial charge < -0.3 is 25.3 Å². The molecule has 542 valence electrons. The van der Waals surface area contributed by atoms with Crippen molar-refractivity contribution in [3.8, 4) is 32.9 Å². The molecule has 0 aliphatic carbocycles. The molecule has 0 saturated carbocycles. The molecule has 0 atom stereocenters. The van der Waals surface area contributed by atoms with Crippen LogP contribution < -0.4 is 39.2 Å². The zero-order chi connectivity index (χ0) is 69.5. The minimum Gasteiger partial charge on any atom is -0.870 e. The number of rotatable bonds is 26. The molecule has 5 N–H and O–H groups in total. The molecule has 15 nitrogen and oxygen atoms in total. The molecule has 6 heterocycles. The molecule has 0 fully saturated rings. The summed E-state index contributed by atoms with van der Waals surface area (Å²) in [6, 6.07) is 36.0. The van der Waals surface area contributed by atoms with Gasteiger partial charge in [-0.1, -0.05) is 82.3 Å². The molecule has 6 aromatic heterocycles. The molecule has 22 heteroatoms. The average Bonchev–Trinajstić information content (AvgIpc) is 1.61. The molecule has 0 unspecified atom stereocenters. The first-order valence-corrected chi connectivity index (χ1v) is 55.9. The number of hydrogen-bond donors (Lipinski definition) is 3. The maximum Gasteiger partial charge on any atom is 1.00 e. The minimum absolute atomic E-state index is 0. The third kappa shape index (κ3) is 35.6. The fourth-order valence-electron chi connectivity index (χ4n) is 11.1. The number of oxime groups is 1. The number of nitrogens with two attached hydrogens (primary N) is 1. The predicted octanol–water partition coefficient (Wildman–Crippen LogP) is 20.5. The first-order chi connectivity index (χ1) is 46.4. The van der Waals surface area contributed by atoms with Gasteiger partial charge in [-0.25, -0.2) is 5.90 Å². The van der Waals surface area contributed by atoms with Gasteiger partial charge in [0.2, 0.25) is 0 Å². The van der Waals surface area contributed by atoms with E-state index in [-0.39, 0.29) is 62.3 Å². The Balaban J connectivity index is -0.00000115. The molecule has 10 aromatic rings. The number of aldehydes is 1. The molecular weight excluding hydrogens is 1840 g/mol. The van der Waals surface area contributed by atoms with Gasteiger partial charge in [-0.05, 0) is 77.8 Å². The summed E-state index contributed by atoms with van der Waals surface area (Å²) >= 11 is 1.71. The number of carbonyl (C=O) groups excluding carboxylic acids is 1. The van der Waals surface area contributed by atoms with Crippen molar-refractivity contribution < 1.29 is 59.3 Å². The van der Waals surface area contributed by atoms with Gasteiger partial charge in [0.05, 0.1) is 6.21 Å². The van der Waals surface area contributed by atoms with Crippen LogP contribution in [0.5, 0.6) is 0 Å². The molecule has 0 bridgehead atoms. The van der Waals surface area contributed by atoms with Crippen LogP contribution in [0.25, 0.3) is 65.6 Å². The number of unbranched alkanes of at least 4 members (excludes halogenated alkanes) is 6. The van der Waals surface area contributed by atoms with Gasteiger partial charge in [0.1, 0.15) is 12.0 Å². The van der Waals surface area contributed by atoms with Gasteiger partial charge in [0, 0.05) is 130 Å². The summed E-state index contributed by atoms with van der Waals surface area (Å²) in [5.74, 6) is 3.50. The Morgan fingerprint density at radius 3 is 1.18 bits per heavy atom. The Morgan fingerprint density at radius 1 is 0.510 bits per heavy atom. The third-order valence-electron chi connectivity index (χ3n) is 16.8. The molecule has 100 heavy (non-hydrogen) atoms. The number of aromatic nitrogens is 6. The molecule has 0 radical (unpaired) electrons. The predicted molar refractivity (Wildman–Crippen MR) is 454 cm³/mol. The van der Waals surface area contributed by atoms with E-state index in [1.807, 2.05) is 85.3 Å². The minimum atomic E-state index is -2.55. The van der Waals surface area contributed by atoms with E-state index < -0.39 is 36.8 Å². The number of benzene rings is 4. The number of nitrogens with zero attached hydrogens (tertiary/aromatic N) is 8. The summed E-state index contributed by atoms with van der Waals surface area (Å²) in [6.07, 6.45) is 38.5. The Labute approximate surface area is 672 Å². The van der Waals surface area contributed by atoms with Crippen LogP contribution in [0.1, 0.15) is 170 Å².